The van der Waals surface area contributed by atoms with Gasteiger partial charge in [0.1, 0.15) is 0 Å². The van der Waals surface area contributed by atoms with Crippen LogP contribution in [-0.4, -0.2) is 6.04 Å². The molecule has 0 aliphatic rings. The van der Waals surface area contributed by atoms with Gasteiger partial charge in [-0.2, -0.15) is 0 Å². The molecule has 0 radical (unpaired) electrons. The maximum atomic E-state index is 3.79. The van der Waals surface area contributed by atoms with Gasteiger partial charge in [-0.25, -0.2) is 0 Å². The minimum atomic E-state index is 0.335. The van der Waals surface area contributed by atoms with Crippen LogP contribution < -0.4 is 5.32 Å². The van der Waals surface area contributed by atoms with Gasteiger partial charge in [-0.3, -0.25) is 0 Å². The molecule has 0 aromatic heterocycles. The fourth-order valence-corrected chi connectivity index (χ4v) is 2.13. The summed E-state index contributed by atoms with van der Waals surface area (Å²) in [6.45, 7) is 8.09. The Hall–Kier alpha value is -0.600. The van der Waals surface area contributed by atoms with Crippen molar-refractivity contribution in [3.05, 3.63) is 47.0 Å². The predicted octanol–water partition coefficient (Wildman–Crippen LogP) is 4.06. The van der Waals surface area contributed by atoms with Crippen molar-refractivity contribution < 1.29 is 0 Å². The molecule has 0 fully saturated rings. The SMILES string of the molecule is C=CC(C)NC(CC)c1ccccc1Br. The van der Waals surface area contributed by atoms with Crippen molar-refractivity contribution in [2.24, 2.45) is 0 Å². The molecule has 0 amide bonds. The third-order valence-electron chi connectivity index (χ3n) is 2.51. The molecule has 0 aliphatic carbocycles. The molecular weight excluding hydrogens is 250 g/mol. The fraction of sp³-hybridized carbons (Fsp3) is 0.385. The summed E-state index contributed by atoms with van der Waals surface area (Å²) in [5.74, 6) is 0. The molecule has 1 rings (SSSR count). The average molecular weight is 268 g/mol. The van der Waals surface area contributed by atoms with E-state index in [0.29, 0.717) is 12.1 Å². The van der Waals surface area contributed by atoms with Gasteiger partial charge in [0.2, 0.25) is 0 Å². The first-order valence-electron chi connectivity index (χ1n) is 5.32. The zero-order valence-corrected chi connectivity index (χ0v) is 10.9. The second-order valence-corrected chi connectivity index (χ2v) is 4.53. The second-order valence-electron chi connectivity index (χ2n) is 3.67. The molecule has 2 unspecified atom stereocenters. The van der Waals surface area contributed by atoms with Gasteiger partial charge in [0.15, 0.2) is 0 Å². The normalized spacial score (nSPS) is 14.6. The van der Waals surface area contributed by atoms with E-state index in [4.69, 9.17) is 0 Å². The van der Waals surface area contributed by atoms with E-state index in [0.717, 1.165) is 6.42 Å². The molecule has 2 atom stereocenters. The Kier molecular flexibility index (Phi) is 5.06. The lowest BCUT2D eigenvalue weighted by Gasteiger charge is -2.21. The summed E-state index contributed by atoms with van der Waals surface area (Å²) >= 11 is 3.58. The van der Waals surface area contributed by atoms with Gasteiger partial charge in [0.05, 0.1) is 0 Å². The molecular formula is C13H18BrN. The largest absolute Gasteiger partial charge is 0.304 e. The van der Waals surface area contributed by atoms with Crippen molar-refractivity contribution >= 4 is 15.9 Å². The van der Waals surface area contributed by atoms with Crippen molar-refractivity contribution in [1.82, 2.24) is 5.32 Å². The number of rotatable bonds is 5. The van der Waals surface area contributed by atoms with E-state index < -0.39 is 0 Å². The lowest BCUT2D eigenvalue weighted by Crippen LogP contribution is -2.28. The summed E-state index contributed by atoms with van der Waals surface area (Å²) in [7, 11) is 0. The summed E-state index contributed by atoms with van der Waals surface area (Å²) in [5.41, 5.74) is 1.31. The molecule has 0 heterocycles. The van der Waals surface area contributed by atoms with E-state index >= 15 is 0 Å². The van der Waals surface area contributed by atoms with E-state index in [2.05, 4.69) is 59.9 Å². The monoisotopic (exact) mass is 267 g/mol. The first-order chi connectivity index (χ1) is 7.19. The molecule has 2 heteroatoms. The Balaban J connectivity index is 2.83. The number of nitrogens with one attached hydrogen (secondary N) is 1. The van der Waals surface area contributed by atoms with E-state index in [-0.39, 0.29) is 0 Å². The highest BCUT2D eigenvalue weighted by molar-refractivity contribution is 9.10. The third-order valence-corrected chi connectivity index (χ3v) is 3.23. The van der Waals surface area contributed by atoms with Gasteiger partial charge in [0, 0.05) is 16.6 Å². The van der Waals surface area contributed by atoms with E-state index in [9.17, 15) is 0 Å². The topological polar surface area (TPSA) is 12.0 Å². The van der Waals surface area contributed by atoms with Crippen molar-refractivity contribution in [3.8, 4) is 0 Å². The average Bonchev–Trinajstić information content (AvgIpc) is 2.26. The molecule has 82 valence electrons. The smallest absolute Gasteiger partial charge is 0.0334 e. The molecule has 0 bridgehead atoms. The van der Waals surface area contributed by atoms with E-state index in [1.165, 1.54) is 10.0 Å². The van der Waals surface area contributed by atoms with Crippen molar-refractivity contribution in [3.63, 3.8) is 0 Å². The Bertz CT molecular complexity index is 322. The van der Waals surface area contributed by atoms with Gasteiger partial charge in [-0.05, 0) is 25.0 Å². The van der Waals surface area contributed by atoms with E-state index in [1.807, 2.05) is 12.1 Å². The highest BCUT2D eigenvalue weighted by Gasteiger charge is 2.12. The quantitative estimate of drug-likeness (QED) is 0.794. The molecule has 1 aromatic carbocycles. The highest BCUT2D eigenvalue weighted by Crippen LogP contribution is 2.25. The predicted molar refractivity (Wildman–Crippen MR) is 70.0 cm³/mol. The molecule has 15 heavy (non-hydrogen) atoms. The van der Waals surface area contributed by atoms with Crippen molar-refractivity contribution in [1.29, 1.82) is 0 Å². The first-order valence-corrected chi connectivity index (χ1v) is 6.11. The van der Waals surface area contributed by atoms with Crippen LogP contribution >= 0.6 is 15.9 Å². The first kappa shape index (κ1) is 12.5. The zero-order valence-electron chi connectivity index (χ0n) is 9.33. The van der Waals surface area contributed by atoms with Gasteiger partial charge in [-0.15, -0.1) is 6.58 Å². The van der Waals surface area contributed by atoms with Crippen LogP contribution in [0.2, 0.25) is 0 Å². The van der Waals surface area contributed by atoms with Crippen LogP contribution in [0.3, 0.4) is 0 Å². The van der Waals surface area contributed by atoms with Crippen LogP contribution in [-0.2, 0) is 0 Å². The van der Waals surface area contributed by atoms with Crippen LogP contribution in [0.1, 0.15) is 31.9 Å². The second kappa shape index (κ2) is 6.09. The number of halogens is 1. The molecule has 0 saturated heterocycles. The van der Waals surface area contributed by atoms with Gasteiger partial charge >= 0.3 is 0 Å². The molecule has 1 aromatic rings. The summed E-state index contributed by atoms with van der Waals surface area (Å²) in [4.78, 5) is 0. The maximum Gasteiger partial charge on any atom is 0.0334 e. The summed E-state index contributed by atoms with van der Waals surface area (Å²) < 4.78 is 1.17. The maximum absolute atomic E-state index is 3.79. The lowest BCUT2D eigenvalue weighted by molar-refractivity contribution is 0.489. The van der Waals surface area contributed by atoms with Crippen LogP contribution in [0, 0.1) is 0 Å². The standard InChI is InChI=1S/C13H18BrN/c1-4-10(3)15-13(5-2)11-8-6-7-9-12(11)14/h4,6-10,13,15H,1,5H2,2-3H3. The van der Waals surface area contributed by atoms with Gasteiger partial charge < -0.3 is 5.32 Å². The van der Waals surface area contributed by atoms with Crippen molar-refractivity contribution in [2.45, 2.75) is 32.4 Å². The zero-order chi connectivity index (χ0) is 11.3. The van der Waals surface area contributed by atoms with Gasteiger partial charge in [0.25, 0.3) is 0 Å². The number of hydrogen-bond acceptors (Lipinski definition) is 1. The van der Waals surface area contributed by atoms with Crippen LogP contribution in [0.25, 0.3) is 0 Å². The van der Waals surface area contributed by atoms with Crippen LogP contribution in [0.4, 0.5) is 0 Å². The molecule has 1 nitrogen and oxygen atoms in total. The molecule has 0 saturated carbocycles. The minimum Gasteiger partial charge on any atom is -0.304 e. The Labute approximate surface area is 101 Å². The third kappa shape index (κ3) is 3.47. The molecule has 0 spiro atoms. The number of benzene rings is 1. The Morgan fingerprint density at radius 3 is 2.67 bits per heavy atom. The number of hydrogen-bond donors (Lipinski definition) is 1. The Morgan fingerprint density at radius 1 is 1.47 bits per heavy atom. The lowest BCUT2D eigenvalue weighted by atomic mass is 10.0. The summed E-state index contributed by atoms with van der Waals surface area (Å²) in [6.07, 6.45) is 3.00. The fourth-order valence-electron chi connectivity index (χ4n) is 1.57. The summed E-state index contributed by atoms with van der Waals surface area (Å²) in [6, 6.07) is 9.06. The van der Waals surface area contributed by atoms with Crippen molar-refractivity contribution in [2.75, 3.05) is 0 Å². The highest BCUT2D eigenvalue weighted by atomic mass is 79.9. The van der Waals surface area contributed by atoms with Gasteiger partial charge in [-0.1, -0.05) is 47.1 Å². The molecule has 1 N–H and O–H groups in total. The van der Waals surface area contributed by atoms with Crippen LogP contribution in [0.5, 0.6) is 0 Å². The Morgan fingerprint density at radius 2 is 2.13 bits per heavy atom. The minimum absolute atomic E-state index is 0.335. The molecule has 0 aliphatic heterocycles. The summed E-state index contributed by atoms with van der Waals surface area (Å²) in [5, 5.41) is 3.53. The van der Waals surface area contributed by atoms with Crippen LogP contribution in [0.15, 0.2) is 41.4 Å². The van der Waals surface area contributed by atoms with E-state index in [1.54, 1.807) is 0 Å².